The fourth-order valence-corrected chi connectivity index (χ4v) is 8.10. The second-order valence-electron chi connectivity index (χ2n) is 11.0. The zero-order chi connectivity index (χ0) is 28.6. The van der Waals surface area contributed by atoms with Crippen molar-refractivity contribution in [3.63, 3.8) is 0 Å². The van der Waals surface area contributed by atoms with Gasteiger partial charge in [-0.15, -0.1) is 0 Å². The highest BCUT2D eigenvalue weighted by Gasteiger charge is 2.65. The number of H-pyrrole nitrogens is 1. The molecule has 42 heavy (non-hydrogen) atoms. The first kappa shape index (κ1) is 25.0. The monoisotopic (exact) mass is 579 g/mol. The van der Waals surface area contributed by atoms with Crippen molar-refractivity contribution in [3.05, 3.63) is 88.2 Å². The first-order valence-corrected chi connectivity index (χ1v) is 15.2. The summed E-state index contributed by atoms with van der Waals surface area (Å²) in [5.74, 6) is 1.41. The predicted molar refractivity (Wildman–Crippen MR) is 155 cm³/mol. The Balaban J connectivity index is 1.18. The van der Waals surface area contributed by atoms with Gasteiger partial charge in [0.1, 0.15) is 16.6 Å². The minimum atomic E-state index is -3.72. The van der Waals surface area contributed by atoms with Crippen molar-refractivity contribution in [2.75, 3.05) is 11.4 Å². The third-order valence-corrected chi connectivity index (χ3v) is 11.0. The van der Waals surface area contributed by atoms with E-state index in [1.54, 1.807) is 19.4 Å². The molecule has 0 amide bonds. The normalized spacial score (nSPS) is 17.9. The number of rotatable bonds is 6. The van der Waals surface area contributed by atoms with Gasteiger partial charge in [0.25, 0.3) is 5.56 Å². The standard InChI is InChI=1S/C30H25N7O4S/c1-41-29-23(25(19-10-11-19)32-16-33-29)26-31-14-22-27(34-26)37(42(39,40)30(22)12-13-30)15-17-6-8-18(9-7-17)24-20-4-2-3-5-21(20)28(38)36-35-24/h2-9,14,16,19H,10-13,15H2,1H3,(H,36,38). The molecule has 1 N–H and O–H groups in total. The van der Waals surface area contributed by atoms with Crippen LogP contribution < -0.4 is 14.6 Å². The number of nitrogens with one attached hydrogen (secondary N) is 1. The van der Waals surface area contributed by atoms with Crippen molar-refractivity contribution < 1.29 is 13.2 Å². The fourth-order valence-electron chi connectivity index (χ4n) is 5.95. The number of hydrogen-bond acceptors (Lipinski definition) is 9. The summed E-state index contributed by atoms with van der Waals surface area (Å²) in [6.45, 7) is 0.117. The molecule has 0 bridgehead atoms. The summed E-state index contributed by atoms with van der Waals surface area (Å²) in [4.78, 5) is 30.5. The Labute approximate surface area is 240 Å². The largest absolute Gasteiger partial charge is 0.480 e. The van der Waals surface area contributed by atoms with Gasteiger partial charge < -0.3 is 4.74 Å². The van der Waals surface area contributed by atoms with E-state index in [4.69, 9.17) is 9.72 Å². The van der Waals surface area contributed by atoms with Crippen molar-refractivity contribution in [2.45, 2.75) is 42.9 Å². The number of nitrogens with zero attached hydrogens (tertiary/aromatic N) is 6. The molecule has 1 aliphatic heterocycles. The maximum atomic E-state index is 13.9. The van der Waals surface area contributed by atoms with Gasteiger partial charge in [0.05, 0.1) is 30.4 Å². The first-order valence-electron chi connectivity index (χ1n) is 13.8. The van der Waals surface area contributed by atoms with Crippen LogP contribution in [0.5, 0.6) is 5.88 Å². The van der Waals surface area contributed by atoms with Crippen LogP contribution in [0.1, 0.15) is 48.4 Å². The summed E-state index contributed by atoms with van der Waals surface area (Å²) in [6.07, 6.45) is 6.24. The molecule has 3 aromatic heterocycles. The van der Waals surface area contributed by atoms with Crippen LogP contribution in [0.4, 0.5) is 5.82 Å². The number of aromatic nitrogens is 6. The highest BCUT2D eigenvalue weighted by atomic mass is 32.2. The van der Waals surface area contributed by atoms with Crippen LogP contribution in [-0.4, -0.2) is 45.7 Å². The fraction of sp³-hybridized carbons (Fsp3) is 0.267. The summed E-state index contributed by atoms with van der Waals surface area (Å²) in [6, 6.07) is 14.8. The number of sulfonamides is 1. The third-order valence-electron chi connectivity index (χ3n) is 8.46. The van der Waals surface area contributed by atoms with Gasteiger partial charge in [-0.2, -0.15) is 5.10 Å². The number of fused-ring (bicyclic) bond motifs is 3. The molecule has 12 heteroatoms. The average Bonchev–Trinajstić information content (AvgIpc) is 3.94. The van der Waals surface area contributed by atoms with Crippen LogP contribution in [0.2, 0.25) is 0 Å². The van der Waals surface area contributed by atoms with E-state index in [2.05, 4.69) is 25.1 Å². The lowest BCUT2D eigenvalue weighted by atomic mass is 10.0. The van der Waals surface area contributed by atoms with Gasteiger partial charge in [0.15, 0.2) is 11.6 Å². The van der Waals surface area contributed by atoms with Gasteiger partial charge in [-0.25, -0.2) is 37.8 Å². The SMILES string of the molecule is COc1ncnc(C2CC2)c1-c1ncc2c(n1)N(Cc1ccc(-c3n[nH]c(=O)c4ccccc34)cc1)S(=O)(=O)C21CC1. The second-order valence-corrected chi connectivity index (χ2v) is 13.2. The van der Waals surface area contributed by atoms with Crippen molar-refractivity contribution in [2.24, 2.45) is 0 Å². The van der Waals surface area contributed by atoms with Gasteiger partial charge in [0, 0.05) is 28.6 Å². The number of aromatic amines is 1. The van der Waals surface area contributed by atoms with E-state index in [1.165, 1.54) is 10.6 Å². The molecule has 1 spiro atoms. The van der Waals surface area contributed by atoms with E-state index in [1.807, 2.05) is 42.5 Å². The zero-order valence-corrected chi connectivity index (χ0v) is 23.4. The quantitative estimate of drug-likeness (QED) is 0.315. The summed E-state index contributed by atoms with van der Waals surface area (Å²) in [5.41, 5.74) is 4.08. The molecule has 0 saturated heterocycles. The Morgan fingerprint density at radius 1 is 1.02 bits per heavy atom. The molecule has 5 aromatic rings. The van der Waals surface area contributed by atoms with Gasteiger partial charge >= 0.3 is 0 Å². The molecule has 4 heterocycles. The summed E-state index contributed by atoms with van der Waals surface area (Å²) in [5, 5.41) is 8.16. The molecule has 0 atom stereocenters. The Bertz CT molecular complexity index is 2070. The smallest absolute Gasteiger partial charge is 0.272 e. The molecule has 8 rings (SSSR count). The Morgan fingerprint density at radius 2 is 1.79 bits per heavy atom. The molecule has 11 nitrogen and oxygen atoms in total. The molecule has 0 unspecified atom stereocenters. The lowest BCUT2D eigenvalue weighted by Crippen LogP contribution is -2.31. The molecule has 2 aliphatic carbocycles. The van der Waals surface area contributed by atoms with Crippen molar-refractivity contribution in [1.82, 2.24) is 30.1 Å². The van der Waals surface area contributed by atoms with Crippen molar-refractivity contribution in [3.8, 4) is 28.5 Å². The topological polar surface area (TPSA) is 144 Å². The van der Waals surface area contributed by atoms with E-state index in [0.29, 0.717) is 52.6 Å². The number of methoxy groups -OCH3 is 1. The zero-order valence-electron chi connectivity index (χ0n) is 22.6. The first-order chi connectivity index (χ1) is 20.4. The van der Waals surface area contributed by atoms with Crippen LogP contribution >= 0.6 is 0 Å². The minimum Gasteiger partial charge on any atom is -0.480 e. The van der Waals surface area contributed by atoms with Gasteiger partial charge in [-0.05, 0) is 37.3 Å². The number of ether oxygens (including phenoxy) is 1. The van der Waals surface area contributed by atoms with Crippen LogP contribution in [0.3, 0.4) is 0 Å². The van der Waals surface area contributed by atoms with E-state index in [0.717, 1.165) is 35.0 Å². The lowest BCUT2D eigenvalue weighted by molar-refractivity contribution is 0.397. The highest BCUT2D eigenvalue weighted by Crippen LogP contribution is 2.61. The summed E-state index contributed by atoms with van der Waals surface area (Å²) < 4.78 is 33.8. The minimum absolute atomic E-state index is 0.117. The van der Waals surface area contributed by atoms with Gasteiger partial charge in [-0.3, -0.25) is 4.79 Å². The van der Waals surface area contributed by atoms with Gasteiger partial charge in [0.2, 0.25) is 15.9 Å². The predicted octanol–water partition coefficient (Wildman–Crippen LogP) is 4.06. The number of anilines is 1. The van der Waals surface area contributed by atoms with Crippen LogP contribution in [-0.2, 0) is 21.3 Å². The van der Waals surface area contributed by atoms with E-state index in [-0.39, 0.29) is 18.0 Å². The maximum Gasteiger partial charge on any atom is 0.272 e. The van der Waals surface area contributed by atoms with Crippen molar-refractivity contribution in [1.29, 1.82) is 0 Å². The molecular formula is C30H25N7O4S. The number of hydrogen-bond donors (Lipinski definition) is 1. The molecule has 2 aromatic carbocycles. The molecule has 2 fully saturated rings. The van der Waals surface area contributed by atoms with E-state index in [9.17, 15) is 13.2 Å². The highest BCUT2D eigenvalue weighted by molar-refractivity contribution is 7.94. The summed E-state index contributed by atoms with van der Waals surface area (Å²) in [7, 11) is -2.18. The molecular weight excluding hydrogens is 554 g/mol. The molecule has 3 aliphatic rings. The van der Waals surface area contributed by atoms with E-state index < -0.39 is 14.8 Å². The summed E-state index contributed by atoms with van der Waals surface area (Å²) >= 11 is 0. The Morgan fingerprint density at radius 3 is 2.50 bits per heavy atom. The maximum absolute atomic E-state index is 13.9. The molecule has 2 saturated carbocycles. The molecule has 0 radical (unpaired) electrons. The van der Waals surface area contributed by atoms with Crippen LogP contribution in [0, 0.1) is 0 Å². The second kappa shape index (κ2) is 8.89. The Kier molecular flexibility index (Phi) is 5.30. The molecule has 210 valence electrons. The van der Waals surface area contributed by atoms with Crippen molar-refractivity contribution >= 4 is 26.6 Å². The van der Waals surface area contributed by atoms with Gasteiger partial charge in [-0.1, -0.05) is 42.5 Å². The number of benzene rings is 2. The van der Waals surface area contributed by atoms with E-state index >= 15 is 0 Å². The lowest BCUT2D eigenvalue weighted by Gasteiger charge is -2.19. The Hall–Kier alpha value is -4.71. The van der Waals surface area contributed by atoms with Crippen LogP contribution in [0.15, 0.2) is 65.8 Å². The van der Waals surface area contributed by atoms with Crippen LogP contribution in [0.25, 0.3) is 33.4 Å². The average molecular weight is 580 g/mol. The third kappa shape index (κ3) is 3.60.